The zero-order valence-corrected chi connectivity index (χ0v) is 13.6. The van der Waals surface area contributed by atoms with Crippen LogP contribution in [-0.2, 0) is 5.41 Å². The number of benzene rings is 2. The second-order valence-corrected chi connectivity index (χ2v) is 6.71. The third-order valence-electron chi connectivity index (χ3n) is 3.58. The van der Waals surface area contributed by atoms with Gasteiger partial charge in [-0.15, -0.1) is 0 Å². The van der Waals surface area contributed by atoms with Crippen molar-refractivity contribution in [2.24, 2.45) is 5.73 Å². The molecule has 0 radical (unpaired) electrons. The summed E-state index contributed by atoms with van der Waals surface area (Å²) < 4.78 is 6.08. The smallest absolute Gasteiger partial charge is 0.131 e. The monoisotopic (exact) mass is 283 g/mol. The zero-order chi connectivity index (χ0) is 15.6. The summed E-state index contributed by atoms with van der Waals surface area (Å²) in [4.78, 5) is 0. The number of rotatable bonds is 3. The van der Waals surface area contributed by atoms with E-state index >= 15 is 0 Å². The Hall–Kier alpha value is -1.80. The molecule has 2 N–H and O–H groups in total. The van der Waals surface area contributed by atoms with Crippen molar-refractivity contribution in [2.45, 2.75) is 46.1 Å². The van der Waals surface area contributed by atoms with Gasteiger partial charge < -0.3 is 10.5 Å². The summed E-state index contributed by atoms with van der Waals surface area (Å²) in [6.07, 6.45) is 0. The lowest BCUT2D eigenvalue weighted by Crippen LogP contribution is -2.12. The molecule has 2 aromatic rings. The van der Waals surface area contributed by atoms with Gasteiger partial charge in [-0.2, -0.15) is 0 Å². The third kappa shape index (κ3) is 3.85. The van der Waals surface area contributed by atoms with Crippen molar-refractivity contribution >= 4 is 0 Å². The van der Waals surface area contributed by atoms with Crippen molar-refractivity contribution in [2.75, 3.05) is 0 Å². The van der Waals surface area contributed by atoms with Crippen LogP contribution in [-0.4, -0.2) is 0 Å². The van der Waals surface area contributed by atoms with Crippen LogP contribution in [0, 0.1) is 6.92 Å². The van der Waals surface area contributed by atoms with Crippen molar-refractivity contribution in [1.29, 1.82) is 0 Å². The molecule has 0 amide bonds. The fourth-order valence-corrected chi connectivity index (χ4v) is 2.29. The Labute approximate surface area is 127 Å². The molecule has 0 spiro atoms. The van der Waals surface area contributed by atoms with E-state index in [1.807, 2.05) is 31.2 Å². The summed E-state index contributed by atoms with van der Waals surface area (Å²) in [5.41, 5.74) is 9.51. The molecular weight excluding hydrogens is 258 g/mol. The lowest BCUT2D eigenvalue weighted by molar-refractivity contribution is 0.455. The topological polar surface area (TPSA) is 35.2 Å². The summed E-state index contributed by atoms with van der Waals surface area (Å²) in [5.74, 6) is 1.76. The van der Waals surface area contributed by atoms with Crippen LogP contribution in [0.4, 0.5) is 0 Å². The molecule has 0 saturated heterocycles. The molecular formula is C19H25NO. The van der Waals surface area contributed by atoms with Gasteiger partial charge in [0.15, 0.2) is 0 Å². The highest BCUT2D eigenvalue weighted by atomic mass is 16.5. The highest BCUT2D eigenvalue weighted by molar-refractivity contribution is 5.44. The zero-order valence-electron chi connectivity index (χ0n) is 13.6. The van der Waals surface area contributed by atoms with E-state index in [0.717, 1.165) is 17.1 Å². The van der Waals surface area contributed by atoms with Gasteiger partial charge >= 0.3 is 0 Å². The Morgan fingerprint density at radius 1 is 1.00 bits per heavy atom. The summed E-state index contributed by atoms with van der Waals surface area (Å²) in [7, 11) is 0. The van der Waals surface area contributed by atoms with Crippen molar-refractivity contribution < 1.29 is 4.74 Å². The molecule has 21 heavy (non-hydrogen) atoms. The van der Waals surface area contributed by atoms with Gasteiger partial charge in [0.25, 0.3) is 0 Å². The molecule has 0 fully saturated rings. The van der Waals surface area contributed by atoms with E-state index in [1.165, 1.54) is 11.1 Å². The standard InChI is InChI=1S/C19H25NO/c1-13-6-11-18(17(12-13)19(3,4)5)21-16-9-7-15(8-10-16)14(2)20/h6-12,14H,20H2,1-5H3/t14-/m0/s1. The predicted molar refractivity (Wildman–Crippen MR) is 89.0 cm³/mol. The molecule has 0 saturated carbocycles. The Balaban J connectivity index is 2.31. The minimum absolute atomic E-state index is 0.0450. The summed E-state index contributed by atoms with van der Waals surface area (Å²) >= 11 is 0. The number of hydrogen-bond acceptors (Lipinski definition) is 2. The van der Waals surface area contributed by atoms with Crippen molar-refractivity contribution in [3.8, 4) is 11.5 Å². The summed E-state index contributed by atoms with van der Waals surface area (Å²) in [6.45, 7) is 10.7. The largest absolute Gasteiger partial charge is 0.457 e. The second kappa shape index (κ2) is 5.90. The van der Waals surface area contributed by atoms with Gasteiger partial charge in [0.2, 0.25) is 0 Å². The lowest BCUT2D eigenvalue weighted by atomic mass is 9.85. The normalized spacial score (nSPS) is 13.0. The van der Waals surface area contributed by atoms with E-state index in [-0.39, 0.29) is 11.5 Å². The molecule has 0 aromatic heterocycles. The Bertz CT molecular complexity index is 606. The van der Waals surface area contributed by atoms with E-state index < -0.39 is 0 Å². The Kier molecular flexibility index (Phi) is 4.38. The van der Waals surface area contributed by atoms with Crippen LogP contribution in [0.25, 0.3) is 0 Å². The quantitative estimate of drug-likeness (QED) is 0.850. The molecule has 2 nitrogen and oxygen atoms in total. The first-order valence-electron chi connectivity index (χ1n) is 7.42. The Morgan fingerprint density at radius 2 is 1.62 bits per heavy atom. The molecule has 0 aliphatic carbocycles. The fraction of sp³-hybridized carbons (Fsp3) is 0.368. The first kappa shape index (κ1) is 15.6. The van der Waals surface area contributed by atoms with E-state index in [9.17, 15) is 0 Å². The average molecular weight is 283 g/mol. The maximum atomic E-state index is 6.08. The predicted octanol–water partition coefficient (Wildman–Crippen LogP) is 5.10. The van der Waals surface area contributed by atoms with Crippen molar-refractivity contribution in [1.82, 2.24) is 0 Å². The maximum Gasteiger partial charge on any atom is 0.131 e. The van der Waals surface area contributed by atoms with Gasteiger partial charge in [0, 0.05) is 11.6 Å². The van der Waals surface area contributed by atoms with Crippen LogP contribution < -0.4 is 10.5 Å². The second-order valence-electron chi connectivity index (χ2n) is 6.71. The van der Waals surface area contributed by atoms with E-state index in [4.69, 9.17) is 10.5 Å². The molecule has 2 rings (SSSR count). The number of nitrogens with two attached hydrogens (primary N) is 1. The van der Waals surface area contributed by atoms with Crippen LogP contribution in [0.2, 0.25) is 0 Å². The molecule has 0 aliphatic heterocycles. The first-order valence-corrected chi connectivity index (χ1v) is 7.42. The molecule has 0 heterocycles. The van der Waals surface area contributed by atoms with Gasteiger partial charge in [-0.1, -0.05) is 50.6 Å². The molecule has 0 aliphatic rings. The molecule has 2 heteroatoms. The van der Waals surface area contributed by atoms with Gasteiger partial charge in [0.1, 0.15) is 11.5 Å². The summed E-state index contributed by atoms with van der Waals surface area (Å²) in [6, 6.07) is 14.4. The highest BCUT2D eigenvalue weighted by Crippen LogP contribution is 2.35. The van der Waals surface area contributed by atoms with Crippen LogP contribution in [0.1, 0.15) is 50.4 Å². The van der Waals surface area contributed by atoms with Gasteiger partial charge in [-0.3, -0.25) is 0 Å². The van der Waals surface area contributed by atoms with Crippen LogP contribution in [0.15, 0.2) is 42.5 Å². The van der Waals surface area contributed by atoms with E-state index in [1.54, 1.807) is 0 Å². The van der Waals surface area contributed by atoms with Crippen LogP contribution in [0.3, 0.4) is 0 Å². The van der Waals surface area contributed by atoms with Crippen LogP contribution in [0.5, 0.6) is 11.5 Å². The number of ether oxygens (including phenoxy) is 1. The highest BCUT2D eigenvalue weighted by Gasteiger charge is 2.19. The molecule has 1 atom stereocenters. The van der Waals surface area contributed by atoms with E-state index in [0.29, 0.717) is 0 Å². The molecule has 112 valence electrons. The van der Waals surface area contributed by atoms with Crippen molar-refractivity contribution in [3.63, 3.8) is 0 Å². The third-order valence-corrected chi connectivity index (χ3v) is 3.58. The minimum Gasteiger partial charge on any atom is -0.457 e. The maximum absolute atomic E-state index is 6.08. The Morgan fingerprint density at radius 3 is 2.14 bits per heavy atom. The lowest BCUT2D eigenvalue weighted by Gasteiger charge is -2.23. The van der Waals surface area contributed by atoms with Gasteiger partial charge in [-0.25, -0.2) is 0 Å². The SMILES string of the molecule is Cc1ccc(Oc2ccc([C@H](C)N)cc2)c(C(C)(C)C)c1. The molecule has 0 bridgehead atoms. The fourth-order valence-electron chi connectivity index (χ4n) is 2.29. The van der Waals surface area contributed by atoms with Crippen molar-refractivity contribution in [3.05, 3.63) is 59.2 Å². The van der Waals surface area contributed by atoms with E-state index in [2.05, 4.69) is 45.9 Å². The van der Waals surface area contributed by atoms with Crippen LogP contribution >= 0.6 is 0 Å². The number of aryl methyl sites for hydroxylation is 1. The minimum atomic E-state index is 0.0450. The average Bonchev–Trinajstić information content (AvgIpc) is 2.40. The number of hydrogen-bond donors (Lipinski definition) is 1. The van der Waals surface area contributed by atoms with Gasteiger partial charge in [-0.05, 0) is 43.0 Å². The molecule has 2 aromatic carbocycles. The molecule has 0 unspecified atom stereocenters. The summed E-state index contributed by atoms with van der Waals surface area (Å²) in [5, 5.41) is 0. The van der Waals surface area contributed by atoms with Gasteiger partial charge in [0.05, 0.1) is 0 Å². The first-order chi connectivity index (χ1) is 9.77.